The molecule has 0 atom stereocenters. The maximum atomic E-state index is 12.8. The Morgan fingerprint density at radius 3 is 2.83 bits per heavy atom. The summed E-state index contributed by atoms with van der Waals surface area (Å²) in [5.74, 6) is 2.74. The lowest BCUT2D eigenvalue weighted by Crippen LogP contribution is -2.23. The number of aryl methyl sites for hydroxylation is 2. The summed E-state index contributed by atoms with van der Waals surface area (Å²) in [7, 11) is 1.67. The third kappa shape index (κ3) is 3.79. The molecule has 150 valence electrons. The fraction of sp³-hybridized carbons (Fsp3) is 0.286. The summed E-state index contributed by atoms with van der Waals surface area (Å²) in [4.78, 5) is 22.1. The fourth-order valence-corrected chi connectivity index (χ4v) is 3.25. The minimum absolute atomic E-state index is 0.260. The number of rotatable bonds is 7. The summed E-state index contributed by atoms with van der Waals surface area (Å²) in [6.45, 7) is 5.41. The number of carbonyl (C=O) groups excluding carboxylic acids is 1. The zero-order valence-corrected chi connectivity index (χ0v) is 16.7. The number of fused-ring (bicyclic) bond motifs is 1. The molecule has 0 bridgehead atoms. The molecule has 0 aliphatic carbocycles. The van der Waals surface area contributed by atoms with E-state index in [1.165, 1.54) is 0 Å². The molecule has 0 aliphatic heterocycles. The maximum absolute atomic E-state index is 12.8. The summed E-state index contributed by atoms with van der Waals surface area (Å²) in [6.07, 6.45) is 3.82. The first-order valence-electron chi connectivity index (χ1n) is 9.40. The highest BCUT2D eigenvalue weighted by atomic mass is 16.5. The van der Waals surface area contributed by atoms with E-state index in [1.54, 1.807) is 7.11 Å². The summed E-state index contributed by atoms with van der Waals surface area (Å²) in [5.41, 5.74) is 1.79. The van der Waals surface area contributed by atoms with Gasteiger partial charge in [0.2, 0.25) is 0 Å². The van der Waals surface area contributed by atoms with Crippen molar-refractivity contribution in [2.75, 3.05) is 13.7 Å². The van der Waals surface area contributed by atoms with Gasteiger partial charge in [0.15, 0.2) is 11.5 Å². The predicted molar refractivity (Wildman–Crippen MR) is 108 cm³/mol. The van der Waals surface area contributed by atoms with Crippen molar-refractivity contribution in [3.05, 3.63) is 65.8 Å². The predicted octanol–water partition coefficient (Wildman–Crippen LogP) is 2.98. The van der Waals surface area contributed by atoms with E-state index in [-0.39, 0.29) is 5.91 Å². The molecule has 0 fully saturated rings. The molecule has 4 aromatic heterocycles. The molecule has 0 aromatic carbocycles. The zero-order chi connectivity index (χ0) is 20.4. The number of carbonyl (C=O) groups is 1. The molecular formula is C21H23N5O3. The van der Waals surface area contributed by atoms with Crippen molar-refractivity contribution in [1.29, 1.82) is 0 Å². The Morgan fingerprint density at radius 2 is 2.07 bits per heavy atom. The van der Waals surface area contributed by atoms with Gasteiger partial charge in [-0.3, -0.25) is 9.20 Å². The van der Waals surface area contributed by atoms with Crippen LogP contribution in [0.2, 0.25) is 0 Å². The summed E-state index contributed by atoms with van der Waals surface area (Å²) >= 11 is 0. The SMILES string of the molecule is COCCn1cc(-c2nc(C(=O)NCc3ccc(C)o3)c3ccccn23)nc1C. The Bertz CT molecular complexity index is 1150. The lowest BCUT2D eigenvalue weighted by Gasteiger charge is -2.02. The molecule has 0 aliphatic rings. The van der Waals surface area contributed by atoms with Crippen molar-refractivity contribution >= 4 is 11.4 Å². The number of furan rings is 1. The standard InChI is InChI=1S/C21H23N5O3/c1-14-7-8-16(29-14)12-22-21(27)19-18-6-4-5-9-26(18)20(24-19)17-13-25(10-11-28-3)15(2)23-17/h4-9,13H,10-12H2,1-3H3,(H,22,27). The van der Waals surface area contributed by atoms with Gasteiger partial charge in [-0.2, -0.15) is 0 Å². The molecule has 0 unspecified atom stereocenters. The van der Waals surface area contributed by atoms with E-state index in [2.05, 4.69) is 15.3 Å². The van der Waals surface area contributed by atoms with Crippen molar-refractivity contribution in [3.63, 3.8) is 0 Å². The Hall–Kier alpha value is -3.39. The van der Waals surface area contributed by atoms with Crippen LogP contribution in [0, 0.1) is 13.8 Å². The van der Waals surface area contributed by atoms with Crippen LogP contribution >= 0.6 is 0 Å². The topological polar surface area (TPSA) is 86.6 Å². The minimum atomic E-state index is -0.260. The van der Waals surface area contributed by atoms with Crippen molar-refractivity contribution in [2.45, 2.75) is 26.9 Å². The summed E-state index contributed by atoms with van der Waals surface area (Å²) < 4.78 is 14.6. The number of amides is 1. The lowest BCUT2D eigenvalue weighted by molar-refractivity contribution is 0.0945. The first-order valence-corrected chi connectivity index (χ1v) is 9.40. The number of hydrogen-bond acceptors (Lipinski definition) is 5. The highest BCUT2D eigenvalue weighted by molar-refractivity contribution is 5.99. The average Bonchev–Trinajstić information content (AvgIpc) is 3.41. The maximum Gasteiger partial charge on any atom is 0.272 e. The molecule has 29 heavy (non-hydrogen) atoms. The van der Waals surface area contributed by atoms with E-state index in [4.69, 9.17) is 9.15 Å². The molecule has 8 nitrogen and oxygen atoms in total. The van der Waals surface area contributed by atoms with Gasteiger partial charge in [-0.25, -0.2) is 9.97 Å². The van der Waals surface area contributed by atoms with Crippen molar-refractivity contribution < 1.29 is 13.9 Å². The van der Waals surface area contributed by atoms with Gasteiger partial charge in [0.1, 0.15) is 23.0 Å². The van der Waals surface area contributed by atoms with Crippen LogP contribution in [0.25, 0.3) is 17.0 Å². The molecule has 1 N–H and O–H groups in total. The molecular weight excluding hydrogens is 370 g/mol. The van der Waals surface area contributed by atoms with Crippen molar-refractivity contribution in [1.82, 2.24) is 24.3 Å². The van der Waals surface area contributed by atoms with Crippen LogP contribution in [0.5, 0.6) is 0 Å². The molecule has 0 spiro atoms. The highest BCUT2D eigenvalue weighted by Crippen LogP contribution is 2.22. The first-order chi connectivity index (χ1) is 14.1. The Kier molecular flexibility index (Phi) is 5.18. The van der Waals surface area contributed by atoms with Crippen LogP contribution in [-0.2, 0) is 17.8 Å². The van der Waals surface area contributed by atoms with Crippen LogP contribution < -0.4 is 5.32 Å². The number of imidazole rings is 2. The normalized spacial score (nSPS) is 11.3. The van der Waals surface area contributed by atoms with Crippen LogP contribution in [0.4, 0.5) is 0 Å². The van der Waals surface area contributed by atoms with Gasteiger partial charge in [-0.15, -0.1) is 0 Å². The van der Waals surface area contributed by atoms with Gasteiger partial charge in [0.05, 0.1) is 18.7 Å². The van der Waals surface area contributed by atoms with Crippen LogP contribution in [0.3, 0.4) is 0 Å². The van der Waals surface area contributed by atoms with Gasteiger partial charge < -0.3 is 19.0 Å². The van der Waals surface area contributed by atoms with E-state index >= 15 is 0 Å². The molecule has 4 heterocycles. The van der Waals surface area contributed by atoms with Crippen LogP contribution in [-0.4, -0.2) is 38.6 Å². The number of nitrogens with zero attached hydrogens (tertiary/aromatic N) is 4. The lowest BCUT2D eigenvalue weighted by atomic mass is 10.3. The van der Waals surface area contributed by atoms with Crippen LogP contribution in [0.15, 0.2) is 47.1 Å². The molecule has 4 aromatic rings. The summed E-state index contributed by atoms with van der Waals surface area (Å²) in [6, 6.07) is 9.38. The van der Waals surface area contributed by atoms with Gasteiger partial charge in [-0.1, -0.05) is 6.07 Å². The number of methoxy groups -OCH3 is 1. The monoisotopic (exact) mass is 393 g/mol. The second kappa shape index (κ2) is 7.92. The summed E-state index contributed by atoms with van der Waals surface area (Å²) in [5, 5.41) is 2.88. The zero-order valence-electron chi connectivity index (χ0n) is 16.7. The Morgan fingerprint density at radius 1 is 1.21 bits per heavy atom. The van der Waals surface area contributed by atoms with Gasteiger partial charge in [-0.05, 0) is 38.1 Å². The molecule has 8 heteroatoms. The Balaban J connectivity index is 1.65. The fourth-order valence-electron chi connectivity index (χ4n) is 3.25. The number of nitrogens with one attached hydrogen (secondary N) is 1. The van der Waals surface area contributed by atoms with Gasteiger partial charge in [0.25, 0.3) is 5.91 Å². The largest absolute Gasteiger partial charge is 0.465 e. The van der Waals surface area contributed by atoms with E-state index in [0.29, 0.717) is 42.7 Å². The molecule has 1 amide bonds. The highest BCUT2D eigenvalue weighted by Gasteiger charge is 2.20. The van der Waals surface area contributed by atoms with Crippen LogP contribution in [0.1, 0.15) is 27.8 Å². The minimum Gasteiger partial charge on any atom is -0.465 e. The smallest absolute Gasteiger partial charge is 0.272 e. The van der Waals surface area contributed by atoms with E-state index < -0.39 is 0 Å². The number of ether oxygens (including phenoxy) is 1. The molecule has 0 saturated carbocycles. The van der Waals surface area contributed by atoms with Gasteiger partial charge in [0, 0.05) is 26.0 Å². The number of aromatic nitrogens is 4. The second-order valence-corrected chi connectivity index (χ2v) is 6.79. The molecule has 0 radical (unpaired) electrons. The van der Waals surface area contributed by atoms with Crippen molar-refractivity contribution in [2.24, 2.45) is 0 Å². The first kappa shape index (κ1) is 18.9. The molecule has 4 rings (SSSR count). The Labute approximate surface area is 168 Å². The number of pyridine rings is 1. The third-order valence-corrected chi connectivity index (χ3v) is 4.72. The average molecular weight is 393 g/mol. The van der Waals surface area contributed by atoms with E-state index in [0.717, 1.165) is 17.1 Å². The van der Waals surface area contributed by atoms with Gasteiger partial charge >= 0.3 is 0 Å². The van der Waals surface area contributed by atoms with Crippen molar-refractivity contribution in [3.8, 4) is 11.5 Å². The molecule has 0 saturated heterocycles. The second-order valence-electron chi connectivity index (χ2n) is 6.79. The number of hydrogen-bond donors (Lipinski definition) is 1. The van der Waals surface area contributed by atoms with E-state index in [9.17, 15) is 4.79 Å². The quantitative estimate of drug-likeness (QED) is 0.522. The van der Waals surface area contributed by atoms with E-state index in [1.807, 2.05) is 65.5 Å². The third-order valence-electron chi connectivity index (χ3n) is 4.72.